The Hall–Kier alpha value is -0.360. The van der Waals surface area contributed by atoms with Crippen molar-refractivity contribution in [3.63, 3.8) is 0 Å². The van der Waals surface area contributed by atoms with Crippen molar-refractivity contribution in [2.24, 2.45) is 0 Å². The van der Waals surface area contributed by atoms with E-state index in [1.165, 1.54) is 0 Å². The summed E-state index contributed by atoms with van der Waals surface area (Å²) in [4.78, 5) is 21.7. The van der Waals surface area contributed by atoms with Crippen LogP contribution in [0, 0.1) is 0 Å². The standard InChI is InChI=1S/C8H12O4S2/c9-7(3-13)11-5-1-2-6(5)12-8(10)4-14/h5-6,13-14H,1-4H2. The highest BCUT2D eigenvalue weighted by molar-refractivity contribution is 7.81. The Balaban J connectivity index is 2.28. The Morgan fingerprint density at radius 1 is 1.00 bits per heavy atom. The zero-order chi connectivity index (χ0) is 10.6. The van der Waals surface area contributed by atoms with Gasteiger partial charge in [-0.25, -0.2) is 0 Å². The van der Waals surface area contributed by atoms with E-state index < -0.39 is 0 Å². The summed E-state index contributed by atoms with van der Waals surface area (Å²) in [6, 6.07) is 0. The Bertz CT molecular complexity index is 207. The van der Waals surface area contributed by atoms with E-state index in [-0.39, 0.29) is 35.7 Å². The van der Waals surface area contributed by atoms with Crippen LogP contribution in [0.1, 0.15) is 12.8 Å². The van der Waals surface area contributed by atoms with E-state index in [0.717, 1.165) is 12.8 Å². The van der Waals surface area contributed by atoms with Gasteiger partial charge in [-0.1, -0.05) is 0 Å². The number of thiol groups is 2. The van der Waals surface area contributed by atoms with Gasteiger partial charge >= 0.3 is 11.9 Å². The molecule has 0 heterocycles. The lowest BCUT2D eigenvalue weighted by Gasteiger charge is -2.34. The molecule has 2 unspecified atom stereocenters. The predicted molar refractivity (Wildman–Crippen MR) is 56.7 cm³/mol. The van der Waals surface area contributed by atoms with Crippen LogP contribution in [-0.2, 0) is 19.1 Å². The van der Waals surface area contributed by atoms with Crippen LogP contribution in [-0.4, -0.2) is 35.7 Å². The summed E-state index contributed by atoms with van der Waals surface area (Å²) in [5.41, 5.74) is 0. The summed E-state index contributed by atoms with van der Waals surface area (Å²) < 4.78 is 9.95. The van der Waals surface area contributed by atoms with Crippen LogP contribution in [0.15, 0.2) is 0 Å². The van der Waals surface area contributed by atoms with Crippen molar-refractivity contribution in [2.75, 3.05) is 11.5 Å². The van der Waals surface area contributed by atoms with Crippen molar-refractivity contribution in [1.29, 1.82) is 0 Å². The van der Waals surface area contributed by atoms with Crippen LogP contribution in [0.3, 0.4) is 0 Å². The van der Waals surface area contributed by atoms with Gasteiger partial charge in [-0.05, 0) is 12.8 Å². The Kier molecular flexibility index (Phi) is 4.60. The third kappa shape index (κ3) is 3.09. The molecule has 1 saturated carbocycles. The molecule has 1 aliphatic carbocycles. The van der Waals surface area contributed by atoms with E-state index in [1.807, 2.05) is 0 Å². The highest BCUT2D eigenvalue weighted by Gasteiger charge is 2.36. The van der Waals surface area contributed by atoms with Crippen LogP contribution in [0.5, 0.6) is 0 Å². The monoisotopic (exact) mass is 236 g/mol. The molecule has 80 valence electrons. The molecule has 2 atom stereocenters. The fourth-order valence-electron chi connectivity index (χ4n) is 1.12. The minimum absolute atomic E-state index is 0.0454. The van der Waals surface area contributed by atoms with E-state index in [1.54, 1.807) is 0 Å². The summed E-state index contributed by atoms with van der Waals surface area (Å²) in [7, 11) is 0. The first kappa shape index (κ1) is 11.7. The molecule has 1 fully saturated rings. The molecule has 1 aliphatic rings. The summed E-state index contributed by atoms with van der Waals surface area (Å²) in [5.74, 6) is -0.678. The Morgan fingerprint density at radius 2 is 1.36 bits per heavy atom. The summed E-state index contributed by atoms with van der Waals surface area (Å²) >= 11 is 7.55. The van der Waals surface area contributed by atoms with E-state index in [9.17, 15) is 9.59 Å². The molecule has 0 amide bonds. The summed E-state index contributed by atoms with van der Waals surface area (Å²) in [6.07, 6.45) is 0.894. The molecule has 14 heavy (non-hydrogen) atoms. The van der Waals surface area contributed by atoms with Gasteiger partial charge < -0.3 is 9.47 Å². The number of hydrogen-bond acceptors (Lipinski definition) is 6. The van der Waals surface area contributed by atoms with Crippen molar-refractivity contribution in [3.05, 3.63) is 0 Å². The van der Waals surface area contributed by atoms with Crippen molar-refractivity contribution in [3.8, 4) is 0 Å². The maximum atomic E-state index is 10.9. The predicted octanol–water partition coefficient (Wildman–Crippen LogP) is 0.463. The largest absolute Gasteiger partial charge is 0.458 e. The van der Waals surface area contributed by atoms with Gasteiger partial charge in [0.15, 0.2) is 0 Å². The molecule has 6 heteroatoms. The second-order valence-electron chi connectivity index (χ2n) is 2.95. The highest BCUT2D eigenvalue weighted by atomic mass is 32.1. The molecule has 1 rings (SSSR count). The van der Waals surface area contributed by atoms with Gasteiger partial charge in [0.2, 0.25) is 0 Å². The van der Waals surface area contributed by atoms with Crippen molar-refractivity contribution in [2.45, 2.75) is 25.0 Å². The lowest BCUT2D eigenvalue weighted by Crippen LogP contribution is -2.44. The molecule has 4 nitrogen and oxygen atoms in total. The second kappa shape index (κ2) is 5.50. The summed E-state index contributed by atoms with van der Waals surface area (Å²) in [5, 5.41) is 0. The summed E-state index contributed by atoms with van der Waals surface area (Å²) in [6.45, 7) is 0. The quantitative estimate of drug-likeness (QED) is 0.550. The van der Waals surface area contributed by atoms with Gasteiger partial charge in [-0.15, -0.1) is 0 Å². The molecular weight excluding hydrogens is 224 g/mol. The van der Waals surface area contributed by atoms with Gasteiger partial charge in [0.1, 0.15) is 12.2 Å². The van der Waals surface area contributed by atoms with Crippen LogP contribution in [0.25, 0.3) is 0 Å². The van der Waals surface area contributed by atoms with E-state index >= 15 is 0 Å². The van der Waals surface area contributed by atoms with E-state index in [0.29, 0.717) is 0 Å². The smallest absolute Gasteiger partial charge is 0.316 e. The van der Waals surface area contributed by atoms with Gasteiger partial charge in [0, 0.05) is 0 Å². The highest BCUT2D eigenvalue weighted by Crippen LogP contribution is 2.26. The number of ether oxygens (including phenoxy) is 2. The maximum absolute atomic E-state index is 10.9. The van der Waals surface area contributed by atoms with Crippen LogP contribution in [0.4, 0.5) is 0 Å². The number of rotatable bonds is 4. The molecule has 0 aromatic heterocycles. The van der Waals surface area contributed by atoms with Gasteiger partial charge in [0.05, 0.1) is 11.5 Å². The molecular formula is C8H12O4S2. The van der Waals surface area contributed by atoms with Crippen LogP contribution >= 0.6 is 25.3 Å². The van der Waals surface area contributed by atoms with Gasteiger partial charge in [-0.2, -0.15) is 25.3 Å². The number of carbonyl (C=O) groups excluding carboxylic acids is 2. The Labute approximate surface area is 93.1 Å². The zero-order valence-corrected chi connectivity index (χ0v) is 9.30. The normalized spacial score (nSPS) is 25.0. The third-order valence-corrected chi connectivity index (χ3v) is 2.49. The minimum atomic E-state index is -0.384. The van der Waals surface area contributed by atoms with Gasteiger partial charge in [0.25, 0.3) is 0 Å². The van der Waals surface area contributed by atoms with E-state index in [2.05, 4.69) is 25.3 Å². The molecule has 0 N–H and O–H groups in total. The molecule has 0 aromatic rings. The lowest BCUT2D eigenvalue weighted by atomic mass is 9.92. The second-order valence-corrected chi connectivity index (χ2v) is 3.58. The molecule has 0 aliphatic heterocycles. The number of esters is 2. The SMILES string of the molecule is O=C(CS)OC1CCC1OC(=O)CS. The third-order valence-electron chi connectivity index (χ3n) is 1.97. The number of carbonyl (C=O) groups is 2. The van der Waals surface area contributed by atoms with E-state index in [4.69, 9.17) is 9.47 Å². The first-order chi connectivity index (χ1) is 6.67. The molecule has 0 spiro atoms. The molecule has 0 saturated heterocycles. The van der Waals surface area contributed by atoms with Crippen molar-refractivity contribution >= 4 is 37.2 Å². The Morgan fingerprint density at radius 3 is 1.57 bits per heavy atom. The average molecular weight is 236 g/mol. The maximum Gasteiger partial charge on any atom is 0.316 e. The zero-order valence-electron chi connectivity index (χ0n) is 7.51. The molecule has 0 bridgehead atoms. The lowest BCUT2D eigenvalue weighted by molar-refractivity contribution is -0.177. The first-order valence-electron chi connectivity index (χ1n) is 4.28. The fraction of sp³-hybridized carbons (Fsp3) is 0.750. The first-order valence-corrected chi connectivity index (χ1v) is 5.54. The molecule has 0 aromatic carbocycles. The minimum Gasteiger partial charge on any atom is -0.458 e. The van der Waals surface area contributed by atoms with Gasteiger partial charge in [-0.3, -0.25) is 9.59 Å². The fourth-order valence-corrected chi connectivity index (χ4v) is 1.27. The average Bonchev–Trinajstić information content (AvgIpc) is 2.19. The van der Waals surface area contributed by atoms with Crippen molar-refractivity contribution in [1.82, 2.24) is 0 Å². The van der Waals surface area contributed by atoms with Crippen molar-refractivity contribution < 1.29 is 19.1 Å². The molecule has 0 radical (unpaired) electrons. The topological polar surface area (TPSA) is 52.6 Å². The van der Waals surface area contributed by atoms with Crippen LogP contribution < -0.4 is 0 Å². The van der Waals surface area contributed by atoms with Crippen LogP contribution in [0.2, 0.25) is 0 Å². The number of hydrogen-bond donors (Lipinski definition) is 2.